The molecular formula is C16H21ClN2O4. The number of amides is 1. The standard InChI is InChI=1S/C16H21ClN2O4/c1-15(2,3)23-14(22)19-11-8-9(4-5-10(11)17)16(6-7-16)12(18)13(20)21/h4-5,8,12H,6-7,18H2,1-3H3,(H,19,22)(H,20,21). The molecule has 0 saturated heterocycles. The number of benzene rings is 1. The molecule has 1 aromatic carbocycles. The smallest absolute Gasteiger partial charge is 0.412 e. The number of carbonyl (C=O) groups excluding carboxylic acids is 1. The van der Waals surface area contributed by atoms with E-state index in [0.29, 0.717) is 23.6 Å². The van der Waals surface area contributed by atoms with Gasteiger partial charge in [0.1, 0.15) is 11.6 Å². The molecule has 1 atom stereocenters. The van der Waals surface area contributed by atoms with Crippen LogP contribution in [0.3, 0.4) is 0 Å². The van der Waals surface area contributed by atoms with E-state index in [1.165, 1.54) is 0 Å². The zero-order valence-electron chi connectivity index (χ0n) is 13.4. The molecule has 23 heavy (non-hydrogen) atoms. The van der Waals surface area contributed by atoms with E-state index in [1.54, 1.807) is 39.0 Å². The number of rotatable bonds is 4. The van der Waals surface area contributed by atoms with Gasteiger partial charge in [0.25, 0.3) is 0 Å². The molecule has 0 bridgehead atoms. The maximum atomic E-state index is 11.9. The molecule has 126 valence electrons. The van der Waals surface area contributed by atoms with E-state index in [2.05, 4.69) is 5.32 Å². The fourth-order valence-corrected chi connectivity index (χ4v) is 2.66. The lowest BCUT2D eigenvalue weighted by Crippen LogP contribution is -2.42. The third kappa shape index (κ3) is 3.95. The van der Waals surface area contributed by atoms with Crippen LogP contribution in [-0.4, -0.2) is 28.8 Å². The maximum absolute atomic E-state index is 11.9. The Morgan fingerprint density at radius 1 is 1.39 bits per heavy atom. The molecule has 7 heteroatoms. The quantitative estimate of drug-likeness (QED) is 0.781. The van der Waals surface area contributed by atoms with Crippen LogP contribution in [0.1, 0.15) is 39.2 Å². The van der Waals surface area contributed by atoms with Gasteiger partial charge in [0.2, 0.25) is 0 Å². The van der Waals surface area contributed by atoms with E-state index in [1.807, 2.05) is 0 Å². The number of nitrogens with two attached hydrogens (primary N) is 1. The summed E-state index contributed by atoms with van der Waals surface area (Å²) in [6, 6.07) is 4.05. The number of ether oxygens (including phenoxy) is 1. The van der Waals surface area contributed by atoms with Crippen molar-refractivity contribution in [1.82, 2.24) is 0 Å². The summed E-state index contributed by atoms with van der Waals surface area (Å²) in [6.45, 7) is 5.28. The van der Waals surface area contributed by atoms with Gasteiger partial charge in [-0.1, -0.05) is 17.7 Å². The van der Waals surface area contributed by atoms with Crippen LogP contribution in [0.2, 0.25) is 5.02 Å². The van der Waals surface area contributed by atoms with Gasteiger partial charge in [-0.05, 0) is 51.3 Å². The molecule has 2 rings (SSSR count). The highest BCUT2D eigenvalue weighted by Crippen LogP contribution is 2.51. The van der Waals surface area contributed by atoms with Crippen molar-refractivity contribution in [3.05, 3.63) is 28.8 Å². The summed E-state index contributed by atoms with van der Waals surface area (Å²) in [5, 5.41) is 12.1. The minimum Gasteiger partial charge on any atom is -0.480 e. The number of carboxylic acids is 1. The van der Waals surface area contributed by atoms with Crippen LogP contribution in [0.4, 0.5) is 10.5 Å². The van der Waals surface area contributed by atoms with Gasteiger partial charge in [0.15, 0.2) is 0 Å². The second-order valence-corrected chi connectivity index (χ2v) is 7.20. The highest BCUT2D eigenvalue weighted by molar-refractivity contribution is 6.33. The number of carboxylic acid groups (broad SMARTS) is 1. The number of aliphatic carboxylic acids is 1. The molecule has 1 aliphatic carbocycles. The zero-order valence-corrected chi connectivity index (χ0v) is 14.1. The first-order valence-corrected chi connectivity index (χ1v) is 7.71. The van der Waals surface area contributed by atoms with Gasteiger partial charge in [0, 0.05) is 5.41 Å². The van der Waals surface area contributed by atoms with E-state index in [9.17, 15) is 14.7 Å². The second-order valence-electron chi connectivity index (χ2n) is 6.79. The minimum absolute atomic E-state index is 0.347. The van der Waals surface area contributed by atoms with Gasteiger partial charge < -0.3 is 15.6 Å². The Morgan fingerprint density at radius 2 is 2.00 bits per heavy atom. The van der Waals surface area contributed by atoms with Crippen molar-refractivity contribution in [1.29, 1.82) is 0 Å². The van der Waals surface area contributed by atoms with Crippen LogP contribution >= 0.6 is 11.6 Å². The molecule has 0 aromatic heterocycles. The second kappa shape index (κ2) is 6.02. The van der Waals surface area contributed by atoms with Crippen LogP contribution in [0.5, 0.6) is 0 Å². The van der Waals surface area contributed by atoms with Gasteiger partial charge in [-0.3, -0.25) is 10.1 Å². The lowest BCUT2D eigenvalue weighted by Gasteiger charge is -2.22. The molecule has 1 fully saturated rings. The SMILES string of the molecule is CC(C)(C)OC(=O)Nc1cc(C2(C(N)C(=O)O)CC2)ccc1Cl. The zero-order chi connectivity index (χ0) is 17.4. The lowest BCUT2D eigenvalue weighted by molar-refractivity contribution is -0.139. The highest BCUT2D eigenvalue weighted by Gasteiger charge is 2.52. The van der Waals surface area contributed by atoms with Crippen molar-refractivity contribution in [2.24, 2.45) is 5.73 Å². The summed E-state index contributed by atoms with van der Waals surface area (Å²) in [7, 11) is 0. The average Bonchev–Trinajstić information content (AvgIpc) is 3.19. The van der Waals surface area contributed by atoms with Crippen molar-refractivity contribution in [3.8, 4) is 0 Å². The van der Waals surface area contributed by atoms with Gasteiger partial charge in [0.05, 0.1) is 10.7 Å². The largest absolute Gasteiger partial charge is 0.480 e. The fourth-order valence-electron chi connectivity index (χ4n) is 2.49. The first-order chi connectivity index (χ1) is 10.5. The first kappa shape index (κ1) is 17.6. The van der Waals surface area contributed by atoms with Crippen molar-refractivity contribution in [3.63, 3.8) is 0 Å². The van der Waals surface area contributed by atoms with Crippen molar-refractivity contribution in [2.45, 2.75) is 50.7 Å². The fraction of sp³-hybridized carbons (Fsp3) is 0.500. The van der Waals surface area contributed by atoms with Crippen LogP contribution in [-0.2, 0) is 14.9 Å². The third-order valence-electron chi connectivity index (χ3n) is 3.83. The summed E-state index contributed by atoms with van der Waals surface area (Å²) in [5.74, 6) is -1.04. The monoisotopic (exact) mass is 340 g/mol. The Balaban J connectivity index is 2.23. The van der Waals surface area contributed by atoms with Crippen molar-refractivity contribution >= 4 is 29.4 Å². The Labute approximate surface area is 139 Å². The summed E-state index contributed by atoms with van der Waals surface area (Å²) >= 11 is 6.11. The molecule has 1 aliphatic rings. The minimum atomic E-state index is -1.04. The molecule has 6 nitrogen and oxygen atoms in total. The van der Waals surface area contributed by atoms with E-state index in [0.717, 1.165) is 5.56 Å². The number of carbonyl (C=O) groups is 2. The van der Waals surface area contributed by atoms with Crippen LogP contribution in [0.25, 0.3) is 0 Å². The lowest BCUT2D eigenvalue weighted by atomic mass is 9.88. The van der Waals surface area contributed by atoms with Gasteiger partial charge >= 0.3 is 12.1 Å². The Kier molecular flexibility index (Phi) is 4.59. The third-order valence-corrected chi connectivity index (χ3v) is 4.16. The molecular weight excluding hydrogens is 320 g/mol. The molecule has 0 spiro atoms. The molecule has 1 amide bonds. The van der Waals surface area contributed by atoms with E-state index < -0.39 is 29.1 Å². The molecule has 0 aliphatic heterocycles. The van der Waals surface area contributed by atoms with E-state index in [-0.39, 0.29) is 0 Å². The number of hydrogen-bond acceptors (Lipinski definition) is 4. The topological polar surface area (TPSA) is 102 Å². The molecule has 1 unspecified atom stereocenters. The summed E-state index contributed by atoms with van der Waals surface area (Å²) in [4.78, 5) is 23.1. The van der Waals surface area contributed by atoms with Crippen LogP contribution < -0.4 is 11.1 Å². The molecule has 1 saturated carbocycles. The summed E-state index contributed by atoms with van der Waals surface area (Å²) < 4.78 is 5.20. The van der Waals surface area contributed by atoms with Crippen molar-refractivity contribution < 1.29 is 19.4 Å². The van der Waals surface area contributed by atoms with Crippen molar-refractivity contribution in [2.75, 3.05) is 5.32 Å². The van der Waals surface area contributed by atoms with Gasteiger partial charge in [-0.15, -0.1) is 0 Å². The van der Waals surface area contributed by atoms with E-state index in [4.69, 9.17) is 22.1 Å². The molecule has 0 radical (unpaired) electrons. The molecule has 4 N–H and O–H groups in total. The average molecular weight is 341 g/mol. The summed E-state index contributed by atoms with van der Waals surface area (Å²) in [6.07, 6.45) is 0.756. The maximum Gasteiger partial charge on any atom is 0.412 e. The number of nitrogens with one attached hydrogen (secondary N) is 1. The summed E-state index contributed by atoms with van der Waals surface area (Å²) in [5.41, 5.74) is 5.72. The Bertz CT molecular complexity index is 635. The van der Waals surface area contributed by atoms with Gasteiger partial charge in [-0.25, -0.2) is 4.79 Å². The van der Waals surface area contributed by atoms with Crippen LogP contribution in [0, 0.1) is 0 Å². The molecule has 1 aromatic rings. The normalized spacial score (nSPS) is 17.3. The number of anilines is 1. The number of hydrogen-bond donors (Lipinski definition) is 3. The first-order valence-electron chi connectivity index (χ1n) is 7.33. The molecule has 0 heterocycles. The number of halogens is 1. The predicted octanol–water partition coefficient (Wildman–Crippen LogP) is 3.13. The Morgan fingerprint density at radius 3 is 2.48 bits per heavy atom. The Hall–Kier alpha value is -1.79. The van der Waals surface area contributed by atoms with Gasteiger partial charge in [-0.2, -0.15) is 0 Å². The van der Waals surface area contributed by atoms with E-state index >= 15 is 0 Å². The van der Waals surface area contributed by atoms with Crippen LogP contribution in [0.15, 0.2) is 18.2 Å². The predicted molar refractivity (Wildman–Crippen MR) is 87.8 cm³/mol. The highest BCUT2D eigenvalue weighted by atomic mass is 35.5.